The van der Waals surface area contributed by atoms with Crippen LogP contribution in [0, 0.1) is 0 Å². The average Bonchev–Trinajstić information content (AvgIpc) is 2.01. The van der Waals surface area contributed by atoms with E-state index in [0.29, 0.717) is 6.54 Å². The molecule has 0 fully saturated rings. The van der Waals surface area contributed by atoms with Crippen LogP contribution in [0.1, 0.15) is 0 Å². The predicted octanol–water partition coefficient (Wildman–Crippen LogP) is -1.61. The SMILES string of the molecule is CNCC(CS(C)(=O)=O)(NC)NC. The summed E-state index contributed by atoms with van der Waals surface area (Å²) in [7, 11) is 2.26. The molecule has 0 aromatic carbocycles. The Hall–Kier alpha value is -0.170. The van der Waals surface area contributed by atoms with E-state index in [0.717, 1.165) is 0 Å². The Labute approximate surface area is 80.2 Å². The summed E-state index contributed by atoms with van der Waals surface area (Å²) in [5, 5.41) is 8.88. The maximum absolute atomic E-state index is 11.1. The van der Waals surface area contributed by atoms with Crippen LogP contribution in [0.4, 0.5) is 0 Å². The van der Waals surface area contributed by atoms with Crippen LogP contribution in [0.5, 0.6) is 0 Å². The van der Waals surface area contributed by atoms with Crippen molar-refractivity contribution in [2.75, 3.05) is 39.7 Å². The Bertz CT molecular complexity index is 234. The van der Waals surface area contributed by atoms with E-state index in [1.54, 1.807) is 21.1 Å². The van der Waals surface area contributed by atoms with Crippen molar-refractivity contribution in [2.24, 2.45) is 0 Å². The fourth-order valence-corrected chi connectivity index (χ4v) is 2.53. The van der Waals surface area contributed by atoms with E-state index < -0.39 is 15.5 Å². The van der Waals surface area contributed by atoms with Crippen LogP contribution in [0.3, 0.4) is 0 Å². The van der Waals surface area contributed by atoms with E-state index in [1.807, 2.05) is 0 Å². The monoisotopic (exact) mass is 209 g/mol. The summed E-state index contributed by atoms with van der Waals surface area (Å²) in [6, 6.07) is 0. The highest BCUT2D eigenvalue weighted by molar-refractivity contribution is 7.90. The number of nitrogens with one attached hydrogen (secondary N) is 3. The standard InChI is InChI=1S/C7H19N3O2S/c1-8-5-7(9-2,10-3)6-13(4,11)12/h8-10H,5-6H2,1-4H3. The molecule has 5 nitrogen and oxygen atoms in total. The molecule has 0 spiro atoms. The zero-order valence-electron chi connectivity index (χ0n) is 8.64. The topological polar surface area (TPSA) is 70.2 Å². The van der Waals surface area contributed by atoms with Gasteiger partial charge in [-0.1, -0.05) is 0 Å². The van der Waals surface area contributed by atoms with E-state index >= 15 is 0 Å². The highest BCUT2D eigenvalue weighted by atomic mass is 32.2. The first kappa shape index (κ1) is 12.8. The van der Waals surface area contributed by atoms with Crippen molar-refractivity contribution < 1.29 is 8.42 Å². The van der Waals surface area contributed by atoms with Gasteiger partial charge in [0.05, 0.1) is 11.4 Å². The van der Waals surface area contributed by atoms with Crippen molar-refractivity contribution in [1.29, 1.82) is 0 Å². The average molecular weight is 209 g/mol. The number of rotatable bonds is 6. The molecule has 0 saturated carbocycles. The van der Waals surface area contributed by atoms with Crippen molar-refractivity contribution in [1.82, 2.24) is 16.0 Å². The molecule has 0 amide bonds. The zero-order chi connectivity index (χ0) is 10.5. The molecule has 0 aromatic rings. The van der Waals surface area contributed by atoms with Crippen LogP contribution in [-0.4, -0.2) is 53.8 Å². The molecular weight excluding hydrogens is 190 g/mol. The van der Waals surface area contributed by atoms with Gasteiger partial charge in [0.2, 0.25) is 0 Å². The molecule has 0 heterocycles. The van der Waals surface area contributed by atoms with Gasteiger partial charge in [-0.2, -0.15) is 0 Å². The summed E-state index contributed by atoms with van der Waals surface area (Å²) >= 11 is 0. The molecule has 0 rings (SSSR count). The highest BCUT2D eigenvalue weighted by Gasteiger charge is 2.29. The van der Waals surface area contributed by atoms with Crippen LogP contribution >= 0.6 is 0 Å². The second kappa shape index (κ2) is 4.90. The Kier molecular flexibility index (Phi) is 4.83. The fraction of sp³-hybridized carbons (Fsp3) is 1.00. The summed E-state index contributed by atoms with van der Waals surface area (Å²) in [6.45, 7) is 0.549. The van der Waals surface area contributed by atoms with Crippen molar-refractivity contribution in [3.05, 3.63) is 0 Å². The largest absolute Gasteiger partial charge is 0.317 e. The molecule has 0 saturated heterocycles. The first-order valence-corrected chi connectivity index (χ1v) is 6.15. The Morgan fingerprint density at radius 1 is 1.15 bits per heavy atom. The lowest BCUT2D eigenvalue weighted by Gasteiger charge is -2.32. The van der Waals surface area contributed by atoms with Gasteiger partial charge in [-0.25, -0.2) is 8.42 Å². The van der Waals surface area contributed by atoms with E-state index in [9.17, 15) is 8.42 Å². The van der Waals surface area contributed by atoms with Crippen LogP contribution in [-0.2, 0) is 9.84 Å². The van der Waals surface area contributed by atoms with E-state index in [2.05, 4.69) is 16.0 Å². The van der Waals surface area contributed by atoms with Crippen LogP contribution < -0.4 is 16.0 Å². The predicted molar refractivity (Wildman–Crippen MR) is 54.5 cm³/mol. The molecule has 0 unspecified atom stereocenters. The summed E-state index contributed by atoms with van der Waals surface area (Å²) in [6.07, 6.45) is 1.23. The van der Waals surface area contributed by atoms with Crippen molar-refractivity contribution in [3.8, 4) is 0 Å². The fourth-order valence-electron chi connectivity index (χ4n) is 1.25. The van der Waals surface area contributed by atoms with Crippen LogP contribution in [0.15, 0.2) is 0 Å². The van der Waals surface area contributed by atoms with Gasteiger partial charge in [0, 0.05) is 12.8 Å². The molecule has 80 valence electrons. The molecule has 0 aromatic heterocycles. The van der Waals surface area contributed by atoms with Crippen LogP contribution in [0.25, 0.3) is 0 Å². The number of hydrogen-bond donors (Lipinski definition) is 3. The Morgan fingerprint density at radius 3 is 1.85 bits per heavy atom. The minimum atomic E-state index is -2.99. The lowest BCUT2D eigenvalue weighted by molar-refractivity contribution is 0.320. The number of sulfone groups is 1. The van der Waals surface area contributed by atoms with Gasteiger partial charge in [0.1, 0.15) is 0 Å². The van der Waals surface area contributed by atoms with Crippen molar-refractivity contribution >= 4 is 9.84 Å². The minimum absolute atomic E-state index is 0.0633. The van der Waals surface area contributed by atoms with Gasteiger partial charge < -0.3 is 16.0 Å². The first-order chi connectivity index (χ1) is 5.89. The molecule has 0 aliphatic rings. The Morgan fingerprint density at radius 2 is 1.62 bits per heavy atom. The summed E-state index contributed by atoms with van der Waals surface area (Å²) in [4.78, 5) is 0. The second-order valence-corrected chi connectivity index (χ2v) is 5.32. The normalized spacial score (nSPS) is 13.2. The van der Waals surface area contributed by atoms with Gasteiger partial charge in [-0.15, -0.1) is 0 Å². The van der Waals surface area contributed by atoms with Gasteiger partial charge in [0.25, 0.3) is 0 Å². The molecule has 6 heteroatoms. The maximum Gasteiger partial charge on any atom is 0.150 e. The van der Waals surface area contributed by atoms with Crippen LogP contribution in [0.2, 0.25) is 0 Å². The second-order valence-electron chi connectivity index (χ2n) is 3.18. The van der Waals surface area contributed by atoms with Gasteiger partial charge >= 0.3 is 0 Å². The number of hydrogen-bond acceptors (Lipinski definition) is 5. The molecule has 0 aliphatic carbocycles. The minimum Gasteiger partial charge on any atom is -0.317 e. The molecule has 0 atom stereocenters. The third-order valence-electron chi connectivity index (χ3n) is 1.94. The van der Waals surface area contributed by atoms with Gasteiger partial charge in [0.15, 0.2) is 9.84 Å². The molecule has 13 heavy (non-hydrogen) atoms. The Balaban J connectivity index is 4.57. The molecule has 3 N–H and O–H groups in total. The third-order valence-corrected chi connectivity index (χ3v) is 2.96. The lowest BCUT2D eigenvalue weighted by atomic mass is 10.2. The molecule has 0 bridgehead atoms. The first-order valence-electron chi connectivity index (χ1n) is 4.09. The van der Waals surface area contributed by atoms with Gasteiger partial charge in [-0.3, -0.25) is 0 Å². The molecule has 0 aliphatic heterocycles. The highest BCUT2D eigenvalue weighted by Crippen LogP contribution is 2.01. The zero-order valence-corrected chi connectivity index (χ0v) is 9.46. The van der Waals surface area contributed by atoms with E-state index in [1.165, 1.54) is 6.26 Å². The summed E-state index contributed by atoms with van der Waals surface area (Å²) in [5.74, 6) is 0.0633. The lowest BCUT2D eigenvalue weighted by Crippen LogP contribution is -2.63. The summed E-state index contributed by atoms with van der Waals surface area (Å²) < 4.78 is 22.3. The number of likely N-dealkylation sites (N-methyl/N-ethyl adjacent to an activating group) is 3. The maximum atomic E-state index is 11.1. The van der Waals surface area contributed by atoms with Gasteiger partial charge in [-0.05, 0) is 21.1 Å². The van der Waals surface area contributed by atoms with Crippen molar-refractivity contribution in [2.45, 2.75) is 5.66 Å². The smallest absolute Gasteiger partial charge is 0.150 e. The van der Waals surface area contributed by atoms with E-state index in [-0.39, 0.29) is 5.75 Å². The third kappa shape index (κ3) is 4.56. The molecular formula is C7H19N3O2S. The quantitative estimate of drug-likeness (QED) is 0.459. The van der Waals surface area contributed by atoms with E-state index in [4.69, 9.17) is 0 Å². The summed E-state index contributed by atoms with van der Waals surface area (Å²) in [5.41, 5.74) is -0.581. The van der Waals surface area contributed by atoms with Crippen molar-refractivity contribution in [3.63, 3.8) is 0 Å². The molecule has 0 radical (unpaired) electrons.